The van der Waals surface area contributed by atoms with Gasteiger partial charge in [-0.1, -0.05) is 13.3 Å². The topological polar surface area (TPSA) is 12.0 Å². The summed E-state index contributed by atoms with van der Waals surface area (Å²) in [5.74, 6) is 0.950. The molecule has 2 heterocycles. The van der Waals surface area contributed by atoms with Crippen molar-refractivity contribution in [3.05, 3.63) is 21.9 Å². The van der Waals surface area contributed by atoms with Crippen LogP contribution in [-0.2, 0) is 12.0 Å². The summed E-state index contributed by atoms with van der Waals surface area (Å²) in [5.41, 5.74) is 2.00. The van der Waals surface area contributed by atoms with E-state index in [9.17, 15) is 0 Å². The van der Waals surface area contributed by atoms with Gasteiger partial charge in [0.25, 0.3) is 0 Å². The second-order valence-electron chi connectivity index (χ2n) is 5.05. The van der Waals surface area contributed by atoms with Gasteiger partial charge in [-0.25, -0.2) is 0 Å². The van der Waals surface area contributed by atoms with E-state index in [1.165, 1.54) is 38.6 Å². The molecule has 0 radical (unpaired) electrons. The second kappa shape index (κ2) is 3.60. The van der Waals surface area contributed by atoms with Crippen molar-refractivity contribution in [2.24, 2.45) is 5.92 Å². The molecule has 1 spiro atoms. The van der Waals surface area contributed by atoms with Crippen LogP contribution in [0, 0.1) is 5.92 Å². The molecule has 2 atom stereocenters. The lowest BCUT2D eigenvalue weighted by Crippen LogP contribution is -2.44. The van der Waals surface area contributed by atoms with Crippen LogP contribution in [0.3, 0.4) is 0 Å². The molecule has 2 unspecified atom stereocenters. The summed E-state index contributed by atoms with van der Waals surface area (Å²) in [6.07, 6.45) is 6.73. The van der Waals surface area contributed by atoms with Gasteiger partial charge in [0.15, 0.2) is 0 Å². The van der Waals surface area contributed by atoms with Crippen molar-refractivity contribution in [2.45, 2.75) is 44.6 Å². The van der Waals surface area contributed by atoms with Gasteiger partial charge in [0.05, 0.1) is 5.54 Å². The number of nitrogens with one attached hydrogen (secondary N) is 1. The van der Waals surface area contributed by atoms with Crippen LogP contribution >= 0.6 is 11.3 Å². The molecule has 1 saturated carbocycles. The maximum atomic E-state index is 3.81. The van der Waals surface area contributed by atoms with Crippen LogP contribution in [-0.4, -0.2) is 6.54 Å². The molecule has 1 aromatic rings. The number of hydrogen-bond acceptors (Lipinski definition) is 2. The maximum Gasteiger partial charge on any atom is 0.0534 e. The molecule has 0 aromatic carbocycles. The molecule has 1 nitrogen and oxygen atoms in total. The molecule has 1 N–H and O–H groups in total. The molecule has 3 rings (SSSR count). The normalized spacial score (nSPS) is 34.6. The summed E-state index contributed by atoms with van der Waals surface area (Å²) >= 11 is 1.97. The average molecular weight is 221 g/mol. The lowest BCUT2D eigenvalue weighted by Gasteiger charge is -2.35. The minimum absolute atomic E-state index is 0.377. The minimum Gasteiger partial charge on any atom is -0.306 e. The van der Waals surface area contributed by atoms with E-state index >= 15 is 0 Å². The number of hydrogen-bond donors (Lipinski definition) is 1. The smallest absolute Gasteiger partial charge is 0.0534 e. The molecule has 2 heteroatoms. The highest BCUT2D eigenvalue weighted by molar-refractivity contribution is 7.10. The molecule has 0 amide bonds. The van der Waals surface area contributed by atoms with E-state index in [4.69, 9.17) is 0 Å². The zero-order valence-electron chi connectivity index (χ0n) is 9.38. The zero-order chi connectivity index (χ0) is 10.3. The third-order valence-electron chi connectivity index (χ3n) is 4.23. The molecule has 2 aliphatic rings. The van der Waals surface area contributed by atoms with Gasteiger partial charge in [0.1, 0.15) is 0 Å². The molecule has 1 aliphatic heterocycles. The Morgan fingerprint density at radius 3 is 3.33 bits per heavy atom. The molecule has 82 valence electrons. The fourth-order valence-corrected chi connectivity index (χ4v) is 4.51. The van der Waals surface area contributed by atoms with Crippen molar-refractivity contribution in [1.82, 2.24) is 5.32 Å². The van der Waals surface area contributed by atoms with E-state index in [1.807, 2.05) is 11.3 Å². The first-order valence-corrected chi connectivity index (χ1v) is 7.04. The highest BCUT2D eigenvalue weighted by atomic mass is 32.1. The average Bonchev–Trinajstić information content (AvgIpc) is 2.86. The highest BCUT2D eigenvalue weighted by Crippen LogP contribution is 2.47. The van der Waals surface area contributed by atoms with E-state index in [2.05, 4.69) is 23.7 Å². The Kier molecular flexibility index (Phi) is 2.37. The third kappa shape index (κ3) is 1.46. The third-order valence-corrected chi connectivity index (χ3v) is 5.39. The van der Waals surface area contributed by atoms with E-state index in [0.717, 1.165) is 5.92 Å². The minimum atomic E-state index is 0.377. The first kappa shape index (κ1) is 9.86. The summed E-state index contributed by atoms with van der Waals surface area (Å²) in [4.78, 5) is 1.66. The largest absolute Gasteiger partial charge is 0.306 e. The van der Waals surface area contributed by atoms with Crippen molar-refractivity contribution in [3.8, 4) is 0 Å². The van der Waals surface area contributed by atoms with Crippen molar-refractivity contribution < 1.29 is 0 Å². The summed E-state index contributed by atoms with van der Waals surface area (Å²) in [7, 11) is 0. The van der Waals surface area contributed by atoms with E-state index in [-0.39, 0.29) is 0 Å². The highest BCUT2D eigenvalue weighted by Gasteiger charge is 2.43. The SMILES string of the molecule is CCC1CCC2(C1)NCCc1ccsc12. The van der Waals surface area contributed by atoms with Crippen molar-refractivity contribution in [2.75, 3.05) is 6.54 Å². The molecular formula is C13H19NS. The van der Waals surface area contributed by atoms with Crippen molar-refractivity contribution in [3.63, 3.8) is 0 Å². The van der Waals surface area contributed by atoms with Crippen molar-refractivity contribution in [1.29, 1.82) is 0 Å². The van der Waals surface area contributed by atoms with Gasteiger partial charge < -0.3 is 5.32 Å². The Bertz CT molecular complexity index is 357. The van der Waals surface area contributed by atoms with Crippen molar-refractivity contribution >= 4 is 11.3 Å². The number of thiophene rings is 1. The predicted molar refractivity (Wildman–Crippen MR) is 65.3 cm³/mol. The van der Waals surface area contributed by atoms with Gasteiger partial charge in [0.2, 0.25) is 0 Å². The molecule has 1 aliphatic carbocycles. The number of fused-ring (bicyclic) bond motifs is 2. The van der Waals surface area contributed by atoms with Crippen LogP contribution in [0.4, 0.5) is 0 Å². The Hall–Kier alpha value is -0.340. The Morgan fingerprint density at radius 1 is 1.60 bits per heavy atom. The monoisotopic (exact) mass is 221 g/mol. The molecule has 1 fully saturated rings. The maximum absolute atomic E-state index is 3.81. The quantitative estimate of drug-likeness (QED) is 0.767. The van der Waals surface area contributed by atoms with Crippen LogP contribution < -0.4 is 5.32 Å². The van der Waals surface area contributed by atoms with Gasteiger partial charge in [-0.05, 0) is 48.6 Å². The second-order valence-corrected chi connectivity index (χ2v) is 5.97. The Morgan fingerprint density at radius 2 is 2.53 bits per heavy atom. The lowest BCUT2D eigenvalue weighted by atomic mass is 9.87. The van der Waals surface area contributed by atoms with Crippen LogP contribution in [0.5, 0.6) is 0 Å². The first-order valence-electron chi connectivity index (χ1n) is 6.16. The van der Waals surface area contributed by atoms with Crippen LogP contribution in [0.2, 0.25) is 0 Å². The Balaban J connectivity index is 1.95. The summed E-state index contributed by atoms with van der Waals surface area (Å²) < 4.78 is 0. The molecule has 15 heavy (non-hydrogen) atoms. The van der Waals surface area contributed by atoms with E-state index in [0.29, 0.717) is 5.54 Å². The lowest BCUT2D eigenvalue weighted by molar-refractivity contribution is 0.317. The first-order chi connectivity index (χ1) is 7.34. The molecule has 1 aromatic heterocycles. The summed E-state index contributed by atoms with van der Waals surface area (Å²) in [5, 5.41) is 6.09. The van der Waals surface area contributed by atoms with E-state index < -0.39 is 0 Å². The summed E-state index contributed by atoms with van der Waals surface area (Å²) in [6.45, 7) is 3.52. The van der Waals surface area contributed by atoms with Gasteiger partial charge in [-0.3, -0.25) is 0 Å². The standard InChI is InChI=1S/C13H19NS/c1-2-10-3-6-13(9-10)12-11(4-7-14-13)5-8-15-12/h5,8,10,14H,2-4,6-7,9H2,1H3. The van der Waals surface area contributed by atoms with Crippen LogP contribution in [0.1, 0.15) is 43.0 Å². The van der Waals surface area contributed by atoms with Crippen LogP contribution in [0.15, 0.2) is 11.4 Å². The van der Waals surface area contributed by atoms with Gasteiger partial charge in [0, 0.05) is 11.4 Å². The fourth-order valence-electron chi connectivity index (χ4n) is 3.33. The molecule has 0 bridgehead atoms. The zero-order valence-corrected chi connectivity index (χ0v) is 10.2. The van der Waals surface area contributed by atoms with Gasteiger partial charge in [-0.2, -0.15) is 0 Å². The molecular weight excluding hydrogens is 202 g/mol. The van der Waals surface area contributed by atoms with Gasteiger partial charge in [-0.15, -0.1) is 11.3 Å². The molecule has 0 saturated heterocycles. The Labute approximate surface area is 95.9 Å². The van der Waals surface area contributed by atoms with Gasteiger partial charge >= 0.3 is 0 Å². The van der Waals surface area contributed by atoms with E-state index in [1.54, 1.807) is 10.4 Å². The van der Waals surface area contributed by atoms with Crippen LogP contribution in [0.25, 0.3) is 0 Å². The predicted octanol–water partition coefficient (Wildman–Crippen LogP) is 3.30. The fraction of sp³-hybridized carbons (Fsp3) is 0.692. The summed E-state index contributed by atoms with van der Waals surface area (Å²) in [6, 6.07) is 2.34. The number of rotatable bonds is 1.